The average molecular weight is 370 g/mol. The summed E-state index contributed by atoms with van der Waals surface area (Å²) in [6.45, 7) is 1.61. The number of rotatable bonds is 10. The van der Waals surface area contributed by atoms with Crippen molar-refractivity contribution in [1.29, 1.82) is 0 Å². The monoisotopic (exact) mass is 370 g/mol. The Morgan fingerprint density at radius 3 is 2.69 bits per heavy atom. The Labute approximate surface area is 155 Å². The standard InChI is InChI=1S/C20H32F2N2O2/c1-14-6-5-8-15(14)7-3-4-11-20(21,22)19(13-25)24-18-10-9-16(26-2)12-17(18)23/h9-10,12,14-15,19,24-25H,3-8,11,13,23H2,1-2H3/t14?,15-,19?/m1/s1. The van der Waals surface area contributed by atoms with E-state index in [1.54, 1.807) is 18.2 Å². The van der Waals surface area contributed by atoms with Crippen LogP contribution in [0.1, 0.15) is 51.9 Å². The first kappa shape index (κ1) is 20.7. The van der Waals surface area contributed by atoms with Gasteiger partial charge < -0.3 is 20.9 Å². The molecule has 0 radical (unpaired) electrons. The fourth-order valence-electron chi connectivity index (χ4n) is 3.86. The van der Waals surface area contributed by atoms with Crippen molar-refractivity contribution in [3.05, 3.63) is 18.2 Å². The maximum absolute atomic E-state index is 14.5. The Morgan fingerprint density at radius 2 is 2.12 bits per heavy atom. The number of hydrogen-bond acceptors (Lipinski definition) is 4. The number of hydrogen-bond donors (Lipinski definition) is 3. The second kappa shape index (κ2) is 9.40. The van der Waals surface area contributed by atoms with Crippen LogP contribution in [0.5, 0.6) is 5.75 Å². The quantitative estimate of drug-likeness (QED) is 0.413. The van der Waals surface area contributed by atoms with E-state index in [1.165, 1.54) is 26.4 Å². The van der Waals surface area contributed by atoms with E-state index in [9.17, 15) is 13.9 Å². The van der Waals surface area contributed by atoms with Gasteiger partial charge in [-0.25, -0.2) is 8.78 Å². The lowest BCUT2D eigenvalue weighted by molar-refractivity contribution is -0.0425. The van der Waals surface area contributed by atoms with Crippen molar-refractivity contribution >= 4 is 11.4 Å². The van der Waals surface area contributed by atoms with Gasteiger partial charge in [0, 0.05) is 12.5 Å². The van der Waals surface area contributed by atoms with Crippen molar-refractivity contribution in [2.45, 2.75) is 63.8 Å². The number of ether oxygens (including phenoxy) is 1. The van der Waals surface area contributed by atoms with Crippen LogP contribution >= 0.6 is 0 Å². The number of anilines is 2. The zero-order valence-corrected chi connectivity index (χ0v) is 15.8. The van der Waals surface area contributed by atoms with Crippen molar-refractivity contribution in [2.75, 3.05) is 24.8 Å². The van der Waals surface area contributed by atoms with E-state index in [-0.39, 0.29) is 6.42 Å². The Balaban J connectivity index is 1.86. The van der Waals surface area contributed by atoms with Crippen LogP contribution in [-0.4, -0.2) is 30.8 Å². The Morgan fingerprint density at radius 1 is 1.35 bits per heavy atom. The molecule has 0 aromatic heterocycles. The predicted molar refractivity (Wildman–Crippen MR) is 102 cm³/mol. The minimum atomic E-state index is -3.00. The van der Waals surface area contributed by atoms with Gasteiger partial charge in [-0.3, -0.25) is 0 Å². The Kier molecular flexibility index (Phi) is 7.50. The van der Waals surface area contributed by atoms with Gasteiger partial charge in [0.15, 0.2) is 0 Å². The number of halogens is 2. The topological polar surface area (TPSA) is 67.5 Å². The number of alkyl halides is 2. The molecule has 26 heavy (non-hydrogen) atoms. The fourth-order valence-corrected chi connectivity index (χ4v) is 3.86. The normalized spacial score (nSPS) is 21.6. The minimum absolute atomic E-state index is 0.234. The van der Waals surface area contributed by atoms with E-state index >= 15 is 0 Å². The highest BCUT2D eigenvalue weighted by Crippen LogP contribution is 2.36. The van der Waals surface area contributed by atoms with Crippen molar-refractivity contribution in [3.63, 3.8) is 0 Å². The lowest BCUT2D eigenvalue weighted by Gasteiger charge is -2.28. The van der Waals surface area contributed by atoms with Crippen LogP contribution in [0.2, 0.25) is 0 Å². The summed E-state index contributed by atoms with van der Waals surface area (Å²) in [5.74, 6) is -1.03. The lowest BCUT2D eigenvalue weighted by atomic mass is 9.91. The first-order valence-corrected chi connectivity index (χ1v) is 9.56. The summed E-state index contributed by atoms with van der Waals surface area (Å²) in [6, 6.07) is 3.45. The molecule has 1 aliphatic rings. The molecular weight excluding hydrogens is 338 g/mol. The highest BCUT2D eigenvalue weighted by Gasteiger charge is 2.39. The van der Waals surface area contributed by atoms with E-state index in [0.717, 1.165) is 18.8 Å². The maximum atomic E-state index is 14.5. The Bertz CT molecular complexity index is 569. The highest BCUT2D eigenvalue weighted by atomic mass is 19.3. The molecule has 2 unspecified atom stereocenters. The lowest BCUT2D eigenvalue weighted by Crippen LogP contribution is -2.42. The summed E-state index contributed by atoms with van der Waals surface area (Å²) in [7, 11) is 1.51. The molecule has 1 saturated carbocycles. The molecule has 6 heteroatoms. The third-order valence-electron chi connectivity index (χ3n) is 5.65. The van der Waals surface area contributed by atoms with Gasteiger partial charge in [0.2, 0.25) is 0 Å². The molecular formula is C20H32F2N2O2. The van der Waals surface area contributed by atoms with E-state index in [1.807, 2.05) is 0 Å². The summed E-state index contributed by atoms with van der Waals surface area (Å²) in [6.07, 6.45) is 5.83. The van der Waals surface area contributed by atoms with Crippen LogP contribution in [0.3, 0.4) is 0 Å². The van der Waals surface area contributed by atoms with Gasteiger partial charge in [-0.2, -0.15) is 0 Å². The molecule has 2 rings (SSSR count). The SMILES string of the molecule is COc1ccc(NC(CO)C(F)(F)CCCC[C@@H]2CCCC2C)c(N)c1. The second-order valence-electron chi connectivity index (χ2n) is 7.51. The van der Waals surface area contributed by atoms with Gasteiger partial charge in [-0.1, -0.05) is 39.0 Å². The first-order valence-electron chi connectivity index (χ1n) is 9.56. The molecule has 1 fully saturated rings. The molecule has 0 saturated heterocycles. The smallest absolute Gasteiger partial charge is 0.270 e. The number of aliphatic hydroxyl groups is 1. The molecule has 0 amide bonds. The van der Waals surface area contributed by atoms with Crippen LogP contribution in [0.15, 0.2) is 18.2 Å². The van der Waals surface area contributed by atoms with Gasteiger partial charge in [-0.15, -0.1) is 0 Å². The molecule has 3 atom stereocenters. The molecule has 4 N–H and O–H groups in total. The van der Waals surface area contributed by atoms with Crippen molar-refractivity contribution < 1.29 is 18.6 Å². The largest absolute Gasteiger partial charge is 0.497 e. The minimum Gasteiger partial charge on any atom is -0.497 e. The zero-order valence-electron chi connectivity index (χ0n) is 15.8. The number of unbranched alkanes of at least 4 members (excludes halogenated alkanes) is 1. The van der Waals surface area contributed by atoms with Crippen LogP contribution in [0.4, 0.5) is 20.2 Å². The number of nitrogen functional groups attached to an aromatic ring is 1. The van der Waals surface area contributed by atoms with E-state index in [0.29, 0.717) is 29.5 Å². The van der Waals surface area contributed by atoms with Crippen LogP contribution < -0.4 is 15.8 Å². The molecule has 0 heterocycles. The first-order chi connectivity index (χ1) is 12.4. The average Bonchev–Trinajstić information content (AvgIpc) is 3.02. The highest BCUT2D eigenvalue weighted by molar-refractivity contribution is 5.68. The van der Waals surface area contributed by atoms with Gasteiger partial charge in [0.05, 0.1) is 25.1 Å². The van der Waals surface area contributed by atoms with Crippen LogP contribution in [0, 0.1) is 11.8 Å². The van der Waals surface area contributed by atoms with E-state index < -0.39 is 18.6 Å². The van der Waals surface area contributed by atoms with E-state index in [4.69, 9.17) is 10.5 Å². The molecule has 1 aromatic carbocycles. The van der Waals surface area contributed by atoms with Gasteiger partial charge >= 0.3 is 0 Å². The zero-order chi connectivity index (χ0) is 19.2. The summed E-state index contributed by atoms with van der Waals surface area (Å²) in [4.78, 5) is 0. The molecule has 0 aliphatic heterocycles. The molecule has 4 nitrogen and oxygen atoms in total. The summed E-state index contributed by atoms with van der Waals surface area (Å²) in [5.41, 5.74) is 6.57. The molecule has 0 spiro atoms. The molecule has 1 aromatic rings. The third-order valence-corrected chi connectivity index (χ3v) is 5.65. The van der Waals surface area contributed by atoms with Gasteiger partial charge in [0.1, 0.15) is 11.8 Å². The second-order valence-corrected chi connectivity index (χ2v) is 7.51. The summed E-state index contributed by atoms with van der Waals surface area (Å²) in [5, 5.41) is 12.2. The van der Waals surface area contributed by atoms with Crippen molar-refractivity contribution in [2.24, 2.45) is 11.8 Å². The number of methoxy groups -OCH3 is 1. The molecule has 148 valence electrons. The van der Waals surface area contributed by atoms with E-state index in [2.05, 4.69) is 12.2 Å². The maximum Gasteiger partial charge on any atom is 0.270 e. The van der Waals surface area contributed by atoms with Crippen molar-refractivity contribution in [3.8, 4) is 5.75 Å². The summed E-state index contributed by atoms with van der Waals surface area (Å²) >= 11 is 0. The number of benzene rings is 1. The van der Waals surface area contributed by atoms with Gasteiger partial charge in [-0.05, 0) is 30.4 Å². The summed E-state index contributed by atoms with van der Waals surface area (Å²) < 4.78 is 34.1. The number of nitrogens with two attached hydrogens (primary N) is 1. The third kappa shape index (κ3) is 5.47. The fraction of sp³-hybridized carbons (Fsp3) is 0.700. The molecule has 0 bridgehead atoms. The predicted octanol–water partition coefficient (Wildman–Crippen LogP) is 4.68. The number of nitrogens with one attached hydrogen (secondary N) is 1. The van der Waals surface area contributed by atoms with Gasteiger partial charge in [0.25, 0.3) is 5.92 Å². The molecule has 1 aliphatic carbocycles. The Hall–Kier alpha value is -1.56. The number of aliphatic hydroxyl groups excluding tert-OH is 1. The van der Waals surface area contributed by atoms with Crippen molar-refractivity contribution in [1.82, 2.24) is 0 Å². The van der Waals surface area contributed by atoms with Crippen LogP contribution in [-0.2, 0) is 0 Å². The van der Waals surface area contributed by atoms with Crippen LogP contribution in [0.25, 0.3) is 0 Å².